The van der Waals surface area contributed by atoms with Crippen molar-refractivity contribution in [3.8, 4) is 5.69 Å². The van der Waals surface area contributed by atoms with E-state index in [4.69, 9.17) is 0 Å². The molecule has 2 unspecified atom stereocenters. The Bertz CT molecular complexity index is 582. The summed E-state index contributed by atoms with van der Waals surface area (Å²) >= 11 is 0. The predicted molar refractivity (Wildman–Crippen MR) is 70.9 cm³/mol. The number of aromatic nitrogens is 2. The first-order chi connectivity index (χ1) is 8.81. The maximum atomic E-state index is 4.59. The van der Waals surface area contributed by atoms with Gasteiger partial charge in [-0.3, -0.25) is 0 Å². The van der Waals surface area contributed by atoms with Crippen molar-refractivity contribution in [1.82, 2.24) is 15.1 Å². The molecule has 0 saturated carbocycles. The highest BCUT2D eigenvalue weighted by molar-refractivity contribution is 5.39. The second kappa shape index (κ2) is 3.69. The number of hydrogen-bond donors (Lipinski definition) is 1. The molecular formula is C15H17N3. The third-order valence-electron chi connectivity index (χ3n) is 4.24. The molecule has 1 aromatic heterocycles. The molecule has 1 saturated heterocycles. The van der Waals surface area contributed by atoms with E-state index in [1.807, 2.05) is 6.20 Å². The predicted octanol–water partition coefficient (Wildman–Crippen LogP) is 2.53. The van der Waals surface area contributed by atoms with Crippen LogP contribution in [0.1, 0.15) is 35.7 Å². The summed E-state index contributed by atoms with van der Waals surface area (Å²) in [7, 11) is 0. The molecule has 0 spiro atoms. The first-order valence-corrected chi connectivity index (χ1v) is 6.71. The van der Waals surface area contributed by atoms with Crippen LogP contribution in [0, 0.1) is 6.92 Å². The van der Waals surface area contributed by atoms with Crippen LogP contribution in [-0.4, -0.2) is 15.8 Å². The standard InChI is InChI=1S/C15H17N3/c1-10-2-5-12(6-3-10)18-15-8-11-4-7-14(17-11)13(15)9-16-18/h2-3,5-6,9,11,14,17H,4,7-8H2,1H3. The summed E-state index contributed by atoms with van der Waals surface area (Å²) in [4.78, 5) is 0. The minimum absolute atomic E-state index is 0.540. The van der Waals surface area contributed by atoms with Crippen LogP contribution in [0.25, 0.3) is 5.69 Å². The van der Waals surface area contributed by atoms with Crippen LogP contribution in [0.15, 0.2) is 30.5 Å². The number of rotatable bonds is 1. The van der Waals surface area contributed by atoms with Gasteiger partial charge in [-0.25, -0.2) is 4.68 Å². The number of nitrogens with one attached hydrogen (secondary N) is 1. The van der Waals surface area contributed by atoms with Crippen LogP contribution in [0.3, 0.4) is 0 Å². The normalized spacial score (nSPS) is 25.2. The lowest BCUT2D eigenvalue weighted by molar-refractivity contribution is 0.504. The molecule has 1 N–H and O–H groups in total. The third-order valence-corrected chi connectivity index (χ3v) is 4.24. The van der Waals surface area contributed by atoms with E-state index in [9.17, 15) is 0 Å². The molecule has 18 heavy (non-hydrogen) atoms. The highest BCUT2D eigenvalue weighted by Crippen LogP contribution is 2.36. The van der Waals surface area contributed by atoms with Crippen molar-refractivity contribution < 1.29 is 0 Å². The van der Waals surface area contributed by atoms with Gasteiger partial charge in [0, 0.05) is 24.1 Å². The molecule has 3 nitrogen and oxygen atoms in total. The zero-order valence-corrected chi connectivity index (χ0v) is 10.6. The number of hydrogen-bond acceptors (Lipinski definition) is 2. The van der Waals surface area contributed by atoms with Crippen molar-refractivity contribution in [1.29, 1.82) is 0 Å². The topological polar surface area (TPSA) is 29.9 Å². The van der Waals surface area contributed by atoms with E-state index in [1.54, 1.807) is 0 Å². The Hall–Kier alpha value is -1.61. The van der Waals surface area contributed by atoms with Crippen LogP contribution in [0.5, 0.6) is 0 Å². The van der Waals surface area contributed by atoms with E-state index >= 15 is 0 Å². The number of benzene rings is 1. The average molecular weight is 239 g/mol. The Morgan fingerprint density at radius 1 is 1.22 bits per heavy atom. The monoisotopic (exact) mass is 239 g/mol. The van der Waals surface area contributed by atoms with Crippen molar-refractivity contribution in [2.45, 2.75) is 38.3 Å². The van der Waals surface area contributed by atoms with Crippen molar-refractivity contribution in [3.63, 3.8) is 0 Å². The SMILES string of the molecule is Cc1ccc(-n2ncc3c2CC2CCC3N2)cc1. The summed E-state index contributed by atoms with van der Waals surface area (Å²) in [6.45, 7) is 2.12. The smallest absolute Gasteiger partial charge is 0.0649 e. The van der Waals surface area contributed by atoms with Gasteiger partial charge in [0.15, 0.2) is 0 Å². The quantitative estimate of drug-likeness (QED) is 0.828. The van der Waals surface area contributed by atoms with Gasteiger partial charge < -0.3 is 5.32 Å². The average Bonchev–Trinajstić information content (AvgIpc) is 2.97. The molecule has 3 heterocycles. The van der Waals surface area contributed by atoms with E-state index in [-0.39, 0.29) is 0 Å². The van der Waals surface area contributed by atoms with Crippen molar-refractivity contribution in [3.05, 3.63) is 47.3 Å². The van der Waals surface area contributed by atoms with E-state index in [0.29, 0.717) is 12.1 Å². The molecule has 1 fully saturated rings. The van der Waals surface area contributed by atoms with Crippen LogP contribution in [-0.2, 0) is 6.42 Å². The van der Waals surface area contributed by atoms with Crippen LogP contribution in [0.4, 0.5) is 0 Å². The zero-order valence-electron chi connectivity index (χ0n) is 10.6. The molecule has 0 amide bonds. The largest absolute Gasteiger partial charge is 0.307 e. The zero-order chi connectivity index (χ0) is 12.1. The third kappa shape index (κ3) is 1.44. The molecule has 4 rings (SSSR count). The molecule has 0 radical (unpaired) electrons. The number of fused-ring (bicyclic) bond motifs is 4. The molecule has 0 aliphatic carbocycles. The summed E-state index contributed by atoms with van der Waals surface area (Å²) in [5.41, 5.74) is 5.29. The lowest BCUT2D eigenvalue weighted by Crippen LogP contribution is -2.32. The summed E-state index contributed by atoms with van der Waals surface area (Å²) in [5.74, 6) is 0. The van der Waals surface area contributed by atoms with Crippen LogP contribution < -0.4 is 5.32 Å². The molecule has 2 aliphatic heterocycles. The maximum absolute atomic E-state index is 4.59. The molecule has 2 bridgehead atoms. The highest BCUT2D eigenvalue weighted by Gasteiger charge is 2.34. The van der Waals surface area contributed by atoms with E-state index in [1.165, 1.54) is 35.3 Å². The fourth-order valence-electron chi connectivity index (χ4n) is 3.25. The maximum Gasteiger partial charge on any atom is 0.0649 e. The van der Waals surface area contributed by atoms with Gasteiger partial charge in [0.25, 0.3) is 0 Å². The Kier molecular flexibility index (Phi) is 2.12. The molecule has 2 aromatic rings. The van der Waals surface area contributed by atoms with E-state index < -0.39 is 0 Å². The fourth-order valence-corrected chi connectivity index (χ4v) is 3.25. The molecule has 2 atom stereocenters. The van der Waals surface area contributed by atoms with Gasteiger partial charge in [-0.05, 0) is 31.9 Å². The number of nitrogens with zero attached hydrogens (tertiary/aromatic N) is 2. The lowest BCUT2D eigenvalue weighted by atomic mass is 10.0. The van der Waals surface area contributed by atoms with Crippen LogP contribution in [0.2, 0.25) is 0 Å². The van der Waals surface area contributed by atoms with Crippen molar-refractivity contribution >= 4 is 0 Å². The Morgan fingerprint density at radius 3 is 2.89 bits per heavy atom. The number of aryl methyl sites for hydroxylation is 1. The second-order valence-corrected chi connectivity index (χ2v) is 5.49. The lowest BCUT2D eigenvalue weighted by Gasteiger charge is -2.22. The summed E-state index contributed by atoms with van der Waals surface area (Å²) < 4.78 is 2.13. The van der Waals surface area contributed by atoms with Crippen molar-refractivity contribution in [2.24, 2.45) is 0 Å². The van der Waals surface area contributed by atoms with Crippen molar-refractivity contribution in [2.75, 3.05) is 0 Å². The Morgan fingerprint density at radius 2 is 2.06 bits per heavy atom. The van der Waals surface area contributed by atoms with E-state index in [2.05, 4.69) is 46.3 Å². The highest BCUT2D eigenvalue weighted by atomic mass is 15.3. The van der Waals surface area contributed by atoms with E-state index in [0.717, 1.165) is 6.42 Å². The first kappa shape index (κ1) is 10.3. The Labute approximate surface area is 107 Å². The van der Waals surface area contributed by atoms with Gasteiger partial charge in [0.2, 0.25) is 0 Å². The second-order valence-electron chi connectivity index (χ2n) is 5.49. The molecule has 1 aromatic carbocycles. The first-order valence-electron chi connectivity index (χ1n) is 6.71. The summed E-state index contributed by atoms with van der Waals surface area (Å²) in [6.07, 6.45) is 5.72. The molecule has 3 heteroatoms. The summed E-state index contributed by atoms with van der Waals surface area (Å²) in [5, 5.41) is 8.26. The van der Waals surface area contributed by atoms with Gasteiger partial charge in [0.1, 0.15) is 0 Å². The van der Waals surface area contributed by atoms with Gasteiger partial charge in [-0.1, -0.05) is 17.7 Å². The van der Waals surface area contributed by atoms with Crippen LogP contribution >= 0.6 is 0 Å². The molecular weight excluding hydrogens is 222 g/mol. The minimum Gasteiger partial charge on any atom is -0.307 e. The molecule has 92 valence electrons. The van der Waals surface area contributed by atoms with Gasteiger partial charge in [-0.2, -0.15) is 5.10 Å². The fraction of sp³-hybridized carbons (Fsp3) is 0.400. The summed E-state index contributed by atoms with van der Waals surface area (Å²) in [6, 6.07) is 9.82. The Balaban J connectivity index is 1.81. The van der Waals surface area contributed by atoms with Gasteiger partial charge in [0.05, 0.1) is 17.6 Å². The molecule has 2 aliphatic rings. The minimum atomic E-state index is 0.540. The van der Waals surface area contributed by atoms with Gasteiger partial charge >= 0.3 is 0 Å². The van der Waals surface area contributed by atoms with Gasteiger partial charge in [-0.15, -0.1) is 0 Å².